The van der Waals surface area contributed by atoms with Gasteiger partial charge in [0.1, 0.15) is 0 Å². The molecule has 1 saturated heterocycles. The second-order valence-corrected chi connectivity index (χ2v) is 5.43. The summed E-state index contributed by atoms with van der Waals surface area (Å²) in [5.41, 5.74) is 0.733. The molecule has 1 fully saturated rings. The van der Waals surface area contributed by atoms with Gasteiger partial charge >= 0.3 is 0 Å². The number of hydrogen-bond acceptors (Lipinski definition) is 3. The van der Waals surface area contributed by atoms with Gasteiger partial charge in [0.25, 0.3) is 5.56 Å². The molecule has 1 aliphatic heterocycles. The molecule has 1 N–H and O–H groups in total. The van der Waals surface area contributed by atoms with E-state index in [-0.39, 0.29) is 5.56 Å². The van der Waals surface area contributed by atoms with Crippen molar-refractivity contribution in [2.75, 3.05) is 18.0 Å². The van der Waals surface area contributed by atoms with E-state index in [1.807, 2.05) is 24.3 Å². The van der Waals surface area contributed by atoms with Gasteiger partial charge in [-0.1, -0.05) is 19.1 Å². The van der Waals surface area contributed by atoms with Crippen LogP contribution in [0.15, 0.2) is 29.1 Å². The second-order valence-electron chi connectivity index (χ2n) is 5.43. The number of anilines is 1. The van der Waals surface area contributed by atoms with Gasteiger partial charge in [-0.3, -0.25) is 9.78 Å². The maximum absolute atomic E-state index is 12.1. The third kappa shape index (κ3) is 2.48. The lowest BCUT2D eigenvalue weighted by atomic mass is 10.0. The van der Waals surface area contributed by atoms with Crippen LogP contribution in [-0.4, -0.2) is 23.1 Å². The highest BCUT2D eigenvalue weighted by molar-refractivity contribution is 5.78. The minimum atomic E-state index is -0.0436. The molecule has 1 atom stereocenters. The summed E-state index contributed by atoms with van der Waals surface area (Å²) in [5, 5.41) is 0.662. The minimum absolute atomic E-state index is 0.0436. The van der Waals surface area contributed by atoms with Crippen molar-refractivity contribution in [3.05, 3.63) is 34.6 Å². The molecule has 1 aromatic heterocycles. The van der Waals surface area contributed by atoms with E-state index in [1.54, 1.807) is 0 Å². The van der Waals surface area contributed by atoms with E-state index in [0.29, 0.717) is 5.39 Å². The lowest BCUT2D eigenvalue weighted by Crippen LogP contribution is -2.28. The Balaban J connectivity index is 1.98. The summed E-state index contributed by atoms with van der Waals surface area (Å²) in [6.07, 6.45) is 3.59. The summed E-state index contributed by atoms with van der Waals surface area (Å²) >= 11 is 0. The standard InChI is InChI=1S/C15H19N3O/c1-11-5-4-9-18(10-8-11)15-16-13-7-3-2-6-12(13)14(19)17-15/h2-3,6-7,11H,4-5,8-10H2,1H3,(H,16,17,19)/t11-/m0/s1. The molecule has 1 aromatic carbocycles. The maximum atomic E-state index is 12.1. The minimum Gasteiger partial charge on any atom is -0.342 e. The average Bonchev–Trinajstić information content (AvgIpc) is 2.63. The van der Waals surface area contributed by atoms with Crippen LogP contribution in [0, 0.1) is 5.92 Å². The lowest BCUT2D eigenvalue weighted by molar-refractivity contribution is 0.521. The Morgan fingerprint density at radius 1 is 1.26 bits per heavy atom. The quantitative estimate of drug-likeness (QED) is 0.854. The number of hydrogen-bond donors (Lipinski definition) is 1. The average molecular weight is 257 g/mol. The number of aromatic amines is 1. The van der Waals surface area contributed by atoms with Gasteiger partial charge in [-0.05, 0) is 37.3 Å². The molecule has 0 radical (unpaired) electrons. The van der Waals surface area contributed by atoms with E-state index < -0.39 is 0 Å². The first-order valence-corrected chi connectivity index (χ1v) is 6.98. The summed E-state index contributed by atoms with van der Waals surface area (Å²) in [6, 6.07) is 7.50. The Hall–Kier alpha value is -1.84. The number of fused-ring (bicyclic) bond motifs is 1. The third-order valence-corrected chi connectivity index (χ3v) is 3.92. The number of nitrogens with zero attached hydrogens (tertiary/aromatic N) is 2. The molecular formula is C15H19N3O. The fourth-order valence-electron chi connectivity index (χ4n) is 2.70. The summed E-state index contributed by atoms with van der Waals surface area (Å²) in [6.45, 7) is 4.24. The van der Waals surface area contributed by atoms with Gasteiger partial charge < -0.3 is 4.90 Å². The van der Waals surface area contributed by atoms with Crippen LogP contribution in [0.5, 0.6) is 0 Å². The molecular weight excluding hydrogens is 238 g/mol. The smallest absolute Gasteiger partial charge is 0.260 e. The van der Waals surface area contributed by atoms with Gasteiger partial charge in [-0.25, -0.2) is 4.98 Å². The molecule has 3 rings (SSSR count). The first-order chi connectivity index (χ1) is 9.24. The zero-order valence-corrected chi connectivity index (χ0v) is 11.2. The number of H-pyrrole nitrogens is 1. The second kappa shape index (κ2) is 5.03. The third-order valence-electron chi connectivity index (χ3n) is 3.92. The van der Waals surface area contributed by atoms with E-state index >= 15 is 0 Å². The van der Waals surface area contributed by atoms with Crippen LogP contribution in [0.2, 0.25) is 0 Å². The first kappa shape index (κ1) is 12.2. The molecule has 2 heterocycles. The first-order valence-electron chi connectivity index (χ1n) is 6.98. The molecule has 0 unspecified atom stereocenters. The van der Waals surface area contributed by atoms with Gasteiger partial charge in [0.15, 0.2) is 0 Å². The predicted molar refractivity (Wildman–Crippen MR) is 77.6 cm³/mol. The topological polar surface area (TPSA) is 49.0 Å². The van der Waals surface area contributed by atoms with Crippen molar-refractivity contribution < 1.29 is 0 Å². The van der Waals surface area contributed by atoms with Crippen LogP contribution in [0.1, 0.15) is 26.2 Å². The van der Waals surface area contributed by atoms with Crippen LogP contribution >= 0.6 is 0 Å². The van der Waals surface area contributed by atoms with Crippen LogP contribution < -0.4 is 10.5 Å². The van der Waals surface area contributed by atoms with Crippen LogP contribution in [0.3, 0.4) is 0 Å². The monoisotopic (exact) mass is 257 g/mol. The number of nitrogens with one attached hydrogen (secondary N) is 1. The van der Waals surface area contributed by atoms with Crippen molar-refractivity contribution in [2.24, 2.45) is 5.92 Å². The van der Waals surface area contributed by atoms with Gasteiger partial charge in [-0.2, -0.15) is 0 Å². The molecule has 4 nitrogen and oxygen atoms in total. The summed E-state index contributed by atoms with van der Waals surface area (Å²) < 4.78 is 0. The SMILES string of the molecule is C[C@H]1CCCN(c2nc3ccccc3c(=O)[nH]2)CC1. The summed E-state index contributed by atoms with van der Waals surface area (Å²) in [4.78, 5) is 21.8. The van der Waals surface area contributed by atoms with E-state index in [9.17, 15) is 4.79 Å². The van der Waals surface area contributed by atoms with Gasteiger partial charge in [0.05, 0.1) is 10.9 Å². The Morgan fingerprint density at radius 3 is 3.00 bits per heavy atom. The van der Waals surface area contributed by atoms with Gasteiger partial charge in [-0.15, -0.1) is 0 Å². The molecule has 0 aliphatic carbocycles. The number of rotatable bonds is 1. The Morgan fingerprint density at radius 2 is 2.11 bits per heavy atom. The van der Waals surface area contributed by atoms with Crippen molar-refractivity contribution in [1.29, 1.82) is 0 Å². The number of aromatic nitrogens is 2. The normalized spacial score (nSPS) is 20.5. The number of benzene rings is 1. The van der Waals surface area contributed by atoms with Gasteiger partial charge in [0.2, 0.25) is 5.95 Å². The van der Waals surface area contributed by atoms with Crippen molar-refractivity contribution >= 4 is 16.9 Å². The highest BCUT2D eigenvalue weighted by atomic mass is 16.1. The lowest BCUT2D eigenvalue weighted by Gasteiger charge is -2.21. The fraction of sp³-hybridized carbons (Fsp3) is 0.467. The van der Waals surface area contributed by atoms with Crippen molar-refractivity contribution in [3.8, 4) is 0 Å². The van der Waals surface area contributed by atoms with E-state index in [2.05, 4.69) is 21.8 Å². The largest absolute Gasteiger partial charge is 0.342 e. The highest BCUT2D eigenvalue weighted by Gasteiger charge is 2.16. The number of para-hydroxylation sites is 1. The van der Waals surface area contributed by atoms with Crippen LogP contribution in [0.4, 0.5) is 5.95 Å². The van der Waals surface area contributed by atoms with Crippen LogP contribution in [0.25, 0.3) is 10.9 Å². The predicted octanol–water partition coefficient (Wildman–Crippen LogP) is 2.55. The Kier molecular flexibility index (Phi) is 3.23. The molecule has 100 valence electrons. The molecule has 0 spiro atoms. The fourth-order valence-corrected chi connectivity index (χ4v) is 2.70. The zero-order valence-electron chi connectivity index (χ0n) is 11.2. The van der Waals surface area contributed by atoms with Crippen molar-refractivity contribution in [2.45, 2.75) is 26.2 Å². The zero-order chi connectivity index (χ0) is 13.2. The molecule has 0 bridgehead atoms. The molecule has 0 amide bonds. The van der Waals surface area contributed by atoms with E-state index in [0.717, 1.165) is 43.3 Å². The maximum Gasteiger partial charge on any atom is 0.260 e. The molecule has 1 aliphatic rings. The molecule has 19 heavy (non-hydrogen) atoms. The Labute approximate surface area is 112 Å². The van der Waals surface area contributed by atoms with Crippen molar-refractivity contribution in [1.82, 2.24) is 9.97 Å². The summed E-state index contributed by atoms with van der Waals surface area (Å²) in [7, 11) is 0. The van der Waals surface area contributed by atoms with Gasteiger partial charge in [0, 0.05) is 13.1 Å². The molecule has 2 aromatic rings. The van der Waals surface area contributed by atoms with E-state index in [1.165, 1.54) is 6.42 Å². The molecule has 4 heteroatoms. The van der Waals surface area contributed by atoms with Crippen molar-refractivity contribution in [3.63, 3.8) is 0 Å². The Bertz CT molecular complexity index is 635. The highest BCUT2D eigenvalue weighted by Crippen LogP contribution is 2.20. The molecule has 0 saturated carbocycles. The summed E-state index contributed by atoms with van der Waals surface area (Å²) in [5.74, 6) is 1.48. The van der Waals surface area contributed by atoms with E-state index in [4.69, 9.17) is 0 Å². The van der Waals surface area contributed by atoms with Crippen LogP contribution in [-0.2, 0) is 0 Å².